The van der Waals surface area contributed by atoms with Gasteiger partial charge in [0.2, 0.25) is 5.92 Å². The summed E-state index contributed by atoms with van der Waals surface area (Å²) < 4.78 is 27.8. The highest BCUT2D eigenvalue weighted by atomic mass is 19.3. The van der Waals surface area contributed by atoms with E-state index < -0.39 is 29.8 Å². The van der Waals surface area contributed by atoms with Gasteiger partial charge in [-0.05, 0) is 43.3 Å². The number of nitrogens with one attached hydrogen (secondary N) is 1. The van der Waals surface area contributed by atoms with Crippen LogP contribution in [0.15, 0.2) is 30.3 Å². The third-order valence-corrected chi connectivity index (χ3v) is 6.53. The quantitative estimate of drug-likeness (QED) is 0.866. The molecule has 3 aliphatic rings. The van der Waals surface area contributed by atoms with Crippen LogP contribution in [0.3, 0.4) is 0 Å². The number of benzene rings is 1. The molecule has 1 aromatic rings. The zero-order valence-corrected chi connectivity index (χ0v) is 14.8. The van der Waals surface area contributed by atoms with E-state index in [4.69, 9.17) is 0 Å². The molecular formula is C20H26F2N2O2. The lowest BCUT2D eigenvalue weighted by atomic mass is 9.78. The fourth-order valence-electron chi connectivity index (χ4n) is 4.99. The number of carbonyl (C=O) groups excluding carboxylic acids is 1. The second kappa shape index (κ2) is 6.57. The number of alkyl halides is 2. The molecule has 1 saturated carbocycles. The summed E-state index contributed by atoms with van der Waals surface area (Å²) in [5, 5.41) is 14.9. The van der Waals surface area contributed by atoms with Crippen LogP contribution in [-0.2, 0) is 10.4 Å². The Bertz CT molecular complexity index is 669. The monoisotopic (exact) mass is 364 g/mol. The van der Waals surface area contributed by atoms with Gasteiger partial charge in [0.15, 0.2) is 5.60 Å². The maximum absolute atomic E-state index is 13.9. The molecule has 2 aliphatic heterocycles. The van der Waals surface area contributed by atoms with Crippen LogP contribution in [0.1, 0.15) is 31.2 Å². The highest BCUT2D eigenvalue weighted by Crippen LogP contribution is 2.48. The summed E-state index contributed by atoms with van der Waals surface area (Å²) in [5.74, 6) is -3.02. The Hall–Kier alpha value is -1.53. The molecular weight excluding hydrogens is 338 g/mol. The molecule has 4 atom stereocenters. The first-order valence-corrected chi connectivity index (χ1v) is 9.56. The van der Waals surface area contributed by atoms with Crippen LogP contribution in [0.4, 0.5) is 8.78 Å². The summed E-state index contributed by atoms with van der Waals surface area (Å²) >= 11 is 0. The number of piperidine rings is 1. The van der Waals surface area contributed by atoms with Crippen molar-refractivity contribution in [3.05, 3.63) is 35.9 Å². The van der Waals surface area contributed by atoms with E-state index in [1.807, 2.05) is 0 Å². The van der Waals surface area contributed by atoms with Crippen LogP contribution in [-0.4, -0.2) is 48.0 Å². The average Bonchev–Trinajstić information content (AvgIpc) is 3.26. The van der Waals surface area contributed by atoms with Crippen LogP contribution in [0.2, 0.25) is 0 Å². The molecule has 2 saturated heterocycles. The van der Waals surface area contributed by atoms with Crippen LogP contribution in [0.5, 0.6) is 0 Å². The topological polar surface area (TPSA) is 52.6 Å². The first kappa shape index (κ1) is 17.9. The highest BCUT2D eigenvalue weighted by Gasteiger charge is 2.55. The van der Waals surface area contributed by atoms with Crippen molar-refractivity contribution in [2.24, 2.45) is 17.8 Å². The van der Waals surface area contributed by atoms with Gasteiger partial charge in [0.05, 0.1) is 0 Å². The lowest BCUT2D eigenvalue weighted by molar-refractivity contribution is -0.162. The van der Waals surface area contributed by atoms with Crippen LogP contribution < -0.4 is 5.32 Å². The standard InChI is InChI=1S/C20H26F2N2O2/c21-19(22)8-6-17(10-19)20(26,16-4-2-1-3-5-16)18(25)24-9-7-14-11-23-12-15(14)13-24/h1-5,14-15,17,23,26H,6-13H2. The van der Waals surface area contributed by atoms with E-state index in [1.165, 1.54) is 0 Å². The summed E-state index contributed by atoms with van der Waals surface area (Å²) in [6.45, 7) is 3.03. The number of hydrogen-bond donors (Lipinski definition) is 2. The average molecular weight is 364 g/mol. The number of hydrogen-bond acceptors (Lipinski definition) is 3. The summed E-state index contributed by atoms with van der Waals surface area (Å²) in [4.78, 5) is 15.1. The van der Waals surface area contributed by atoms with Gasteiger partial charge in [0.1, 0.15) is 0 Å². The Morgan fingerprint density at radius 3 is 2.62 bits per heavy atom. The molecule has 0 aromatic heterocycles. The molecule has 0 bridgehead atoms. The fourth-order valence-corrected chi connectivity index (χ4v) is 4.99. The Kier molecular flexibility index (Phi) is 4.51. The van der Waals surface area contributed by atoms with Crippen molar-refractivity contribution >= 4 is 5.91 Å². The number of fused-ring (bicyclic) bond motifs is 1. The smallest absolute Gasteiger partial charge is 0.259 e. The maximum atomic E-state index is 13.9. The normalized spacial score (nSPS) is 32.9. The number of halogens is 2. The Balaban J connectivity index is 1.63. The third-order valence-electron chi connectivity index (χ3n) is 6.53. The molecule has 0 radical (unpaired) electrons. The molecule has 6 heteroatoms. The van der Waals surface area contributed by atoms with E-state index in [1.54, 1.807) is 35.2 Å². The zero-order valence-electron chi connectivity index (χ0n) is 14.8. The fraction of sp³-hybridized carbons (Fsp3) is 0.650. The van der Waals surface area contributed by atoms with E-state index in [2.05, 4.69) is 5.32 Å². The third kappa shape index (κ3) is 3.03. The minimum atomic E-state index is -2.81. The lowest BCUT2D eigenvalue weighted by Crippen LogP contribution is -2.54. The van der Waals surface area contributed by atoms with E-state index in [0.29, 0.717) is 30.5 Å². The molecule has 4 rings (SSSR count). The van der Waals surface area contributed by atoms with Gasteiger partial charge < -0.3 is 15.3 Å². The number of nitrogens with zero attached hydrogens (tertiary/aromatic N) is 1. The number of carbonyl (C=O) groups is 1. The van der Waals surface area contributed by atoms with Gasteiger partial charge in [0.25, 0.3) is 5.91 Å². The molecule has 4 nitrogen and oxygen atoms in total. The van der Waals surface area contributed by atoms with Crippen LogP contribution >= 0.6 is 0 Å². The van der Waals surface area contributed by atoms with Gasteiger partial charge in [-0.25, -0.2) is 8.78 Å². The molecule has 1 amide bonds. The van der Waals surface area contributed by atoms with Crippen molar-refractivity contribution < 1.29 is 18.7 Å². The summed E-state index contributed by atoms with van der Waals surface area (Å²) in [6.07, 6.45) is 0.348. The van der Waals surface area contributed by atoms with Gasteiger partial charge in [-0.1, -0.05) is 30.3 Å². The lowest BCUT2D eigenvalue weighted by Gasteiger charge is -2.41. The molecule has 142 valence electrons. The minimum Gasteiger partial charge on any atom is -0.375 e. The number of aliphatic hydroxyl groups is 1. The van der Waals surface area contributed by atoms with Crippen LogP contribution in [0.25, 0.3) is 0 Å². The Morgan fingerprint density at radius 2 is 1.92 bits per heavy atom. The van der Waals surface area contributed by atoms with Crippen molar-refractivity contribution in [3.8, 4) is 0 Å². The van der Waals surface area contributed by atoms with Gasteiger partial charge in [-0.15, -0.1) is 0 Å². The Morgan fingerprint density at radius 1 is 1.19 bits per heavy atom. The predicted octanol–water partition coefficient (Wildman–Crippen LogP) is 2.38. The Labute approximate surface area is 152 Å². The molecule has 1 aliphatic carbocycles. The number of amides is 1. The molecule has 0 spiro atoms. The van der Waals surface area contributed by atoms with Gasteiger partial charge in [-0.2, -0.15) is 0 Å². The zero-order chi connectivity index (χ0) is 18.4. The number of likely N-dealkylation sites (tertiary alicyclic amines) is 1. The molecule has 2 N–H and O–H groups in total. The van der Waals surface area contributed by atoms with Crippen LogP contribution in [0, 0.1) is 17.8 Å². The molecule has 26 heavy (non-hydrogen) atoms. The van der Waals surface area contributed by atoms with E-state index >= 15 is 0 Å². The van der Waals surface area contributed by atoms with Crippen molar-refractivity contribution in [2.75, 3.05) is 26.2 Å². The van der Waals surface area contributed by atoms with E-state index in [9.17, 15) is 18.7 Å². The van der Waals surface area contributed by atoms with E-state index in [0.717, 1.165) is 19.5 Å². The second-order valence-electron chi connectivity index (χ2n) is 8.15. The second-order valence-corrected chi connectivity index (χ2v) is 8.15. The summed E-state index contributed by atoms with van der Waals surface area (Å²) in [6, 6.07) is 8.64. The molecule has 4 unspecified atom stereocenters. The maximum Gasteiger partial charge on any atom is 0.259 e. The summed E-state index contributed by atoms with van der Waals surface area (Å²) in [5.41, 5.74) is -1.44. The molecule has 2 heterocycles. The van der Waals surface area contributed by atoms with Gasteiger partial charge in [-0.3, -0.25) is 4.79 Å². The molecule has 3 fully saturated rings. The van der Waals surface area contributed by atoms with Gasteiger partial charge >= 0.3 is 0 Å². The summed E-state index contributed by atoms with van der Waals surface area (Å²) in [7, 11) is 0. The van der Waals surface area contributed by atoms with E-state index in [-0.39, 0.29) is 12.8 Å². The SMILES string of the molecule is O=C(N1CCC2CNCC2C1)C(O)(c1ccccc1)C1CCC(F)(F)C1. The first-order chi connectivity index (χ1) is 12.4. The minimum absolute atomic E-state index is 0.158. The van der Waals surface area contributed by atoms with Crippen molar-refractivity contribution in [2.45, 2.75) is 37.2 Å². The number of rotatable bonds is 3. The van der Waals surface area contributed by atoms with Gasteiger partial charge in [0, 0.05) is 31.8 Å². The largest absolute Gasteiger partial charge is 0.375 e. The highest BCUT2D eigenvalue weighted by molar-refractivity contribution is 5.87. The van der Waals surface area contributed by atoms with Crippen molar-refractivity contribution in [3.63, 3.8) is 0 Å². The predicted molar refractivity (Wildman–Crippen MR) is 93.7 cm³/mol. The van der Waals surface area contributed by atoms with Crippen molar-refractivity contribution in [1.29, 1.82) is 0 Å². The molecule has 1 aromatic carbocycles. The first-order valence-electron chi connectivity index (χ1n) is 9.56. The van der Waals surface area contributed by atoms with Crippen molar-refractivity contribution in [1.82, 2.24) is 10.2 Å².